The van der Waals surface area contributed by atoms with E-state index in [2.05, 4.69) is 18.5 Å². The highest BCUT2D eigenvalue weighted by molar-refractivity contribution is 5.80. The number of anilines is 1. The first-order valence-electron chi connectivity index (χ1n) is 6.96. The lowest BCUT2D eigenvalue weighted by molar-refractivity contribution is -0.138. The Kier molecular flexibility index (Phi) is 4.96. The van der Waals surface area contributed by atoms with Crippen molar-refractivity contribution in [1.29, 1.82) is 5.26 Å². The molecule has 2 rings (SSSR count). The van der Waals surface area contributed by atoms with Gasteiger partial charge in [0.25, 0.3) is 0 Å². The second kappa shape index (κ2) is 7.10. The molecule has 0 spiro atoms. The van der Waals surface area contributed by atoms with Crippen molar-refractivity contribution in [3.63, 3.8) is 0 Å². The normalized spacial score (nSPS) is 11.1. The van der Waals surface area contributed by atoms with Crippen molar-refractivity contribution in [2.45, 2.75) is 6.04 Å². The molecule has 1 unspecified atom stereocenters. The summed E-state index contributed by atoms with van der Waals surface area (Å²) in [5.41, 5.74) is 3.40. The molecular weight excluding hydrogens is 288 g/mol. The molecule has 0 aromatic heterocycles. The van der Waals surface area contributed by atoms with Crippen molar-refractivity contribution < 1.29 is 9.90 Å². The lowest BCUT2D eigenvalue weighted by atomic mass is 9.99. The van der Waals surface area contributed by atoms with E-state index >= 15 is 0 Å². The van der Waals surface area contributed by atoms with Crippen molar-refractivity contribution >= 4 is 23.8 Å². The van der Waals surface area contributed by atoms with E-state index in [9.17, 15) is 9.90 Å². The van der Waals surface area contributed by atoms with Gasteiger partial charge in [0, 0.05) is 5.69 Å². The van der Waals surface area contributed by atoms with Gasteiger partial charge >= 0.3 is 5.97 Å². The van der Waals surface area contributed by atoms with Crippen LogP contribution in [0.2, 0.25) is 0 Å². The van der Waals surface area contributed by atoms with Gasteiger partial charge in [0.05, 0.1) is 11.6 Å². The van der Waals surface area contributed by atoms with E-state index in [0.717, 1.165) is 11.1 Å². The summed E-state index contributed by atoms with van der Waals surface area (Å²) in [6, 6.07) is 13.2. The fourth-order valence-electron chi connectivity index (χ4n) is 2.20. The Bertz CT molecular complexity index is 760. The van der Waals surface area contributed by atoms with Crippen molar-refractivity contribution in [2.75, 3.05) is 5.32 Å². The van der Waals surface area contributed by atoms with Gasteiger partial charge in [-0.05, 0) is 59.2 Å². The SMILES string of the molecule is C=Cc1cc(C=C)cc(C(Nc2ccc(C#N)cc2)C(=O)O)c1. The van der Waals surface area contributed by atoms with Gasteiger partial charge in [-0.2, -0.15) is 5.26 Å². The molecule has 2 aromatic carbocycles. The van der Waals surface area contributed by atoms with Crippen LogP contribution in [0.25, 0.3) is 12.2 Å². The van der Waals surface area contributed by atoms with Crippen LogP contribution in [0.5, 0.6) is 0 Å². The van der Waals surface area contributed by atoms with E-state index in [1.54, 1.807) is 48.6 Å². The van der Waals surface area contributed by atoms with Gasteiger partial charge in [0.2, 0.25) is 0 Å². The molecule has 0 heterocycles. The summed E-state index contributed by atoms with van der Waals surface area (Å²) in [5, 5.41) is 21.3. The molecule has 0 radical (unpaired) electrons. The summed E-state index contributed by atoms with van der Waals surface area (Å²) in [6.45, 7) is 7.44. The van der Waals surface area contributed by atoms with Gasteiger partial charge in [0.15, 0.2) is 6.04 Å². The first kappa shape index (κ1) is 16.1. The van der Waals surface area contributed by atoms with Crippen LogP contribution in [0.15, 0.2) is 55.6 Å². The summed E-state index contributed by atoms with van der Waals surface area (Å²) in [4.78, 5) is 11.7. The van der Waals surface area contributed by atoms with Gasteiger partial charge < -0.3 is 10.4 Å². The first-order valence-corrected chi connectivity index (χ1v) is 6.96. The Balaban J connectivity index is 2.38. The van der Waals surface area contributed by atoms with Crippen LogP contribution in [0.1, 0.15) is 28.3 Å². The molecule has 0 amide bonds. The van der Waals surface area contributed by atoms with Gasteiger partial charge in [-0.25, -0.2) is 4.79 Å². The molecule has 114 valence electrons. The topological polar surface area (TPSA) is 73.1 Å². The van der Waals surface area contributed by atoms with Gasteiger partial charge in [-0.3, -0.25) is 0 Å². The molecule has 0 fully saturated rings. The average Bonchev–Trinajstić information content (AvgIpc) is 2.59. The minimum Gasteiger partial charge on any atom is -0.479 e. The Morgan fingerprint density at radius 3 is 2.13 bits per heavy atom. The molecule has 1 atom stereocenters. The number of benzene rings is 2. The molecule has 23 heavy (non-hydrogen) atoms. The Morgan fingerprint density at radius 2 is 1.70 bits per heavy atom. The maximum absolute atomic E-state index is 11.7. The monoisotopic (exact) mass is 304 g/mol. The lowest BCUT2D eigenvalue weighted by Gasteiger charge is -2.17. The number of nitriles is 1. The highest BCUT2D eigenvalue weighted by atomic mass is 16.4. The van der Waals surface area contributed by atoms with Gasteiger partial charge in [-0.1, -0.05) is 25.3 Å². The Hall–Kier alpha value is -3.32. The van der Waals surface area contributed by atoms with E-state index in [1.165, 1.54) is 0 Å². The van der Waals surface area contributed by atoms with E-state index in [1.807, 2.05) is 12.1 Å². The fourth-order valence-corrected chi connectivity index (χ4v) is 2.20. The maximum Gasteiger partial charge on any atom is 0.330 e. The number of hydrogen-bond donors (Lipinski definition) is 2. The number of hydrogen-bond acceptors (Lipinski definition) is 3. The van der Waals surface area contributed by atoms with E-state index in [-0.39, 0.29) is 0 Å². The molecule has 2 N–H and O–H groups in total. The zero-order valence-corrected chi connectivity index (χ0v) is 12.5. The van der Waals surface area contributed by atoms with Crippen LogP contribution in [0.3, 0.4) is 0 Å². The Morgan fingerprint density at radius 1 is 1.13 bits per heavy atom. The molecule has 0 aliphatic heterocycles. The van der Waals surface area contributed by atoms with Crippen molar-refractivity contribution in [1.82, 2.24) is 0 Å². The van der Waals surface area contributed by atoms with Crippen LogP contribution >= 0.6 is 0 Å². The summed E-state index contributed by atoms with van der Waals surface area (Å²) >= 11 is 0. The molecule has 0 aliphatic rings. The predicted octanol–water partition coefficient (Wildman–Crippen LogP) is 4.08. The highest BCUT2D eigenvalue weighted by Crippen LogP contribution is 2.24. The summed E-state index contributed by atoms with van der Waals surface area (Å²) in [7, 11) is 0. The largest absolute Gasteiger partial charge is 0.479 e. The molecule has 0 saturated carbocycles. The smallest absolute Gasteiger partial charge is 0.330 e. The second-order valence-electron chi connectivity index (χ2n) is 4.95. The number of aliphatic carboxylic acids is 1. The summed E-state index contributed by atoms with van der Waals surface area (Å²) < 4.78 is 0. The van der Waals surface area contributed by atoms with Gasteiger partial charge in [0.1, 0.15) is 0 Å². The summed E-state index contributed by atoms with van der Waals surface area (Å²) in [5.74, 6) is -0.995. The number of carbonyl (C=O) groups is 1. The quantitative estimate of drug-likeness (QED) is 0.843. The lowest BCUT2D eigenvalue weighted by Crippen LogP contribution is -2.20. The predicted molar refractivity (Wildman–Crippen MR) is 91.8 cm³/mol. The number of nitrogens with zero attached hydrogens (tertiary/aromatic N) is 1. The van der Waals surface area contributed by atoms with Crippen molar-refractivity contribution in [3.05, 3.63) is 77.9 Å². The molecule has 4 heteroatoms. The number of carboxylic acid groups (broad SMARTS) is 1. The third-order valence-corrected chi connectivity index (χ3v) is 3.38. The zero-order valence-electron chi connectivity index (χ0n) is 12.5. The van der Waals surface area contributed by atoms with E-state index in [4.69, 9.17) is 5.26 Å². The van der Waals surface area contributed by atoms with Crippen LogP contribution in [-0.4, -0.2) is 11.1 Å². The maximum atomic E-state index is 11.7. The molecule has 0 aliphatic carbocycles. The second-order valence-corrected chi connectivity index (χ2v) is 4.95. The number of rotatable bonds is 6. The minimum absolute atomic E-state index is 0.519. The molecule has 4 nitrogen and oxygen atoms in total. The number of nitrogens with one attached hydrogen (secondary N) is 1. The highest BCUT2D eigenvalue weighted by Gasteiger charge is 2.20. The Labute approximate surface area is 135 Å². The standard InChI is InChI=1S/C19H16N2O2/c1-3-13-9-14(4-2)11-16(10-13)18(19(22)23)21-17-7-5-15(12-20)6-8-17/h3-11,18,21H,1-2H2,(H,22,23). The summed E-state index contributed by atoms with van der Waals surface area (Å²) in [6.07, 6.45) is 3.33. The van der Waals surface area contributed by atoms with Gasteiger partial charge in [-0.15, -0.1) is 0 Å². The third kappa shape index (κ3) is 3.86. The number of carboxylic acids is 1. The van der Waals surface area contributed by atoms with Crippen LogP contribution in [0, 0.1) is 11.3 Å². The van der Waals surface area contributed by atoms with Crippen LogP contribution < -0.4 is 5.32 Å². The molecule has 0 saturated heterocycles. The minimum atomic E-state index is -0.995. The molecule has 0 bridgehead atoms. The first-order chi connectivity index (χ1) is 11.1. The van der Waals surface area contributed by atoms with Crippen molar-refractivity contribution in [2.24, 2.45) is 0 Å². The van der Waals surface area contributed by atoms with E-state index in [0.29, 0.717) is 16.8 Å². The molecule has 2 aromatic rings. The molecular formula is C19H16N2O2. The van der Waals surface area contributed by atoms with Crippen molar-refractivity contribution in [3.8, 4) is 6.07 Å². The van der Waals surface area contributed by atoms with Crippen LogP contribution in [0.4, 0.5) is 5.69 Å². The van der Waals surface area contributed by atoms with E-state index < -0.39 is 12.0 Å². The van der Waals surface area contributed by atoms with Crippen LogP contribution in [-0.2, 0) is 4.79 Å². The zero-order chi connectivity index (χ0) is 16.8. The fraction of sp³-hybridized carbons (Fsp3) is 0.0526. The third-order valence-electron chi connectivity index (χ3n) is 3.38. The average molecular weight is 304 g/mol.